The molecule has 3 heteroatoms. The smallest absolute Gasteiger partial charge is 0.169 e. The highest BCUT2D eigenvalue weighted by molar-refractivity contribution is 5.09. The molecule has 3 nitrogen and oxygen atoms in total. The molecule has 1 saturated carbocycles. The van der Waals surface area contributed by atoms with Crippen molar-refractivity contribution >= 4 is 0 Å². The molecule has 0 spiro atoms. The minimum Gasteiger partial charge on any atom is -0.344 e. The highest BCUT2D eigenvalue weighted by atomic mass is 16.8. The van der Waals surface area contributed by atoms with E-state index in [1.807, 2.05) is 0 Å². The Morgan fingerprint density at radius 2 is 0.844 bits per heavy atom. The van der Waals surface area contributed by atoms with Gasteiger partial charge in [0, 0.05) is 37.8 Å². The lowest BCUT2D eigenvalue weighted by Gasteiger charge is -2.40. The van der Waals surface area contributed by atoms with Crippen molar-refractivity contribution in [2.45, 2.75) is 186 Å². The number of likely N-dealkylation sites (tertiary alicyclic amines) is 1. The second kappa shape index (κ2) is 24.1. The summed E-state index contributed by atoms with van der Waals surface area (Å²) in [5, 5.41) is 0. The highest BCUT2D eigenvalue weighted by Gasteiger charge is 2.63. The number of ether oxygens (including phenoxy) is 2. The predicted molar refractivity (Wildman–Crippen MR) is 196 cm³/mol. The minimum absolute atomic E-state index is 0.288. The lowest BCUT2D eigenvalue weighted by molar-refractivity contribution is -0.182. The van der Waals surface area contributed by atoms with Gasteiger partial charge in [-0.3, -0.25) is 0 Å². The second-order valence-corrected chi connectivity index (χ2v) is 14.6. The lowest BCUT2D eigenvalue weighted by atomic mass is 9.71. The average molecular weight is 624 g/mol. The minimum atomic E-state index is -0.288. The number of hydrogen-bond acceptors (Lipinski definition) is 3. The SMILES string of the molecule is CCCC/C=C\C/C=C\CCCCCCCCC1(CCCCCCCC/C=C\C/C=C\CCCC)O[C@@H]2[C@H]3CN(C)C[C@H]3[C@@H]2O1. The number of hydrogen-bond donors (Lipinski definition) is 0. The highest BCUT2D eigenvalue weighted by Crippen LogP contribution is 2.53. The van der Waals surface area contributed by atoms with Crippen molar-refractivity contribution in [3.05, 3.63) is 48.6 Å². The van der Waals surface area contributed by atoms with E-state index in [-0.39, 0.29) is 5.79 Å². The van der Waals surface area contributed by atoms with E-state index in [1.165, 1.54) is 142 Å². The van der Waals surface area contributed by atoms with Gasteiger partial charge in [-0.1, -0.05) is 140 Å². The summed E-state index contributed by atoms with van der Waals surface area (Å²) in [5.74, 6) is 1.13. The number of allylic oxidation sites excluding steroid dienone is 8. The van der Waals surface area contributed by atoms with Gasteiger partial charge in [0.1, 0.15) is 0 Å². The molecule has 0 aromatic heterocycles. The molecule has 1 aliphatic carbocycles. The first-order valence-electron chi connectivity index (χ1n) is 19.8. The van der Waals surface area contributed by atoms with Crippen LogP contribution in [-0.2, 0) is 9.47 Å². The molecule has 0 N–H and O–H groups in total. The fourth-order valence-corrected chi connectivity index (χ4v) is 7.68. The summed E-state index contributed by atoms with van der Waals surface area (Å²) in [7, 11) is 2.26. The fraction of sp³-hybridized carbons (Fsp3) is 0.810. The first kappa shape index (κ1) is 38.3. The Hall–Kier alpha value is -1.16. The molecule has 0 unspecified atom stereocenters. The van der Waals surface area contributed by atoms with Gasteiger partial charge in [0.05, 0.1) is 12.2 Å². The molecule has 0 aromatic carbocycles. The number of nitrogens with zero attached hydrogens (tertiary/aromatic N) is 1. The number of fused-ring (bicyclic) bond motifs is 4. The maximum Gasteiger partial charge on any atom is 0.169 e. The van der Waals surface area contributed by atoms with Gasteiger partial charge in [-0.25, -0.2) is 0 Å². The Labute approximate surface area is 280 Å². The third-order valence-electron chi connectivity index (χ3n) is 10.5. The van der Waals surface area contributed by atoms with Gasteiger partial charge in [-0.2, -0.15) is 0 Å². The van der Waals surface area contributed by atoms with E-state index >= 15 is 0 Å². The molecule has 3 fully saturated rings. The van der Waals surface area contributed by atoms with Crippen LogP contribution in [0, 0.1) is 11.8 Å². The Kier molecular flexibility index (Phi) is 20.5. The van der Waals surface area contributed by atoms with E-state index in [2.05, 4.69) is 74.4 Å². The summed E-state index contributed by atoms with van der Waals surface area (Å²) >= 11 is 0. The molecule has 3 aliphatic rings. The maximum atomic E-state index is 6.87. The summed E-state index contributed by atoms with van der Waals surface area (Å²) in [6.07, 6.45) is 50.1. The largest absolute Gasteiger partial charge is 0.344 e. The molecule has 0 bridgehead atoms. The molecule has 0 aromatic rings. The van der Waals surface area contributed by atoms with Gasteiger partial charge in [0.2, 0.25) is 0 Å². The third-order valence-corrected chi connectivity index (χ3v) is 10.5. The Bertz CT molecular complexity index is 776. The molecule has 3 rings (SSSR count). The van der Waals surface area contributed by atoms with Crippen molar-refractivity contribution in [1.29, 1.82) is 0 Å². The molecular formula is C42H73NO2. The molecule has 2 heterocycles. The summed E-state index contributed by atoms with van der Waals surface area (Å²) in [5.41, 5.74) is 0. The Morgan fingerprint density at radius 1 is 0.489 bits per heavy atom. The topological polar surface area (TPSA) is 21.7 Å². The normalized spacial score (nSPS) is 24.5. The second-order valence-electron chi connectivity index (χ2n) is 14.6. The van der Waals surface area contributed by atoms with Crippen molar-refractivity contribution < 1.29 is 9.47 Å². The Balaban J connectivity index is 1.24. The van der Waals surface area contributed by atoms with Crippen LogP contribution in [0.25, 0.3) is 0 Å². The third kappa shape index (κ3) is 15.1. The van der Waals surface area contributed by atoms with E-state index in [0.717, 1.165) is 25.7 Å². The molecule has 258 valence electrons. The number of unbranched alkanes of at least 4 members (excludes halogenated alkanes) is 16. The molecule has 2 saturated heterocycles. The van der Waals surface area contributed by atoms with E-state index in [0.29, 0.717) is 24.0 Å². The zero-order chi connectivity index (χ0) is 31.8. The summed E-state index contributed by atoms with van der Waals surface area (Å²) in [6.45, 7) is 6.91. The van der Waals surface area contributed by atoms with Crippen molar-refractivity contribution in [2.24, 2.45) is 11.8 Å². The van der Waals surface area contributed by atoms with Crippen LogP contribution in [0.5, 0.6) is 0 Å². The van der Waals surface area contributed by atoms with Crippen LogP contribution in [0.4, 0.5) is 0 Å². The van der Waals surface area contributed by atoms with Crippen molar-refractivity contribution in [2.75, 3.05) is 20.1 Å². The van der Waals surface area contributed by atoms with Crippen LogP contribution in [0.1, 0.15) is 168 Å². The zero-order valence-electron chi connectivity index (χ0n) is 30.1. The van der Waals surface area contributed by atoms with E-state index in [1.54, 1.807) is 0 Å². The van der Waals surface area contributed by atoms with Crippen LogP contribution in [0.15, 0.2) is 48.6 Å². The molecular weight excluding hydrogens is 550 g/mol. The predicted octanol–water partition coefficient (Wildman–Crippen LogP) is 12.3. The average Bonchev–Trinajstić information content (AvgIpc) is 3.56. The Morgan fingerprint density at radius 3 is 1.24 bits per heavy atom. The van der Waals surface area contributed by atoms with Crippen molar-refractivity contribution in [1.82, 2.24) is 4.90 Å². The van der Waals surface area contributed by atoms with Gasteiger partial charge in [0.25, 0.3) is 0 Å². The van der Waals surface area contributed by atoms with Gasteiger partial charge in [0.15, 0.2) is 5.79 Å². The van der Waals surface area contributed by atoms with Gasteiger partial charge in [-0.15, -0.1) is 0 Å². The zero-order valence-corrected chi connectivity index (χ0v) is 30.1. The molecule has 45 heavy (non-hydrogen) atoms. The van der Waals surface area contributed by atoms with E-state index in [4.69, 9.17) is 9.47 Å². The summed E-state index contributed by atoms with van der Waals surface area (Å²) < 4.78 is 13.7. The van der Waals surface area contributed by atoms with Crippen LogP contribution in [0.2, 0.25) is 0 Å². The van der Waals surface area contributed by atoms with E-state index in [9.17, 15) is 0 Å². The van der Waals surface area contributed by atoms with Crippen molar-refractivity contribution in [3.63, 3.8) is 0 Å². The number of rotatable bonds is 28. The summed E-state index contributed by atoms with van der Waals surface area (Å²) in [6, 6.07) is 0. The molecule has 0 amide bonds. The quantitative estimate of drug-likeness (QED) is 0.0639. The maximum absolute atomic E-state index is 6.87. The van der Waals surface area contributed by atoms with Gasteiger partial charge in [-0.05, 0) is 71.3 Å². The first-order valence-corrected chi connectivity index (χ1v) is 19.8. The van der Waals surface area contributed by atoms with Crippen LogP contribution >= 0.6 is 0 Å². The first-order chi connectivity index (χ1) is 22.2. The fourth-order valence-electron chi connectivity index (χ4n) is 7.68. The van der Waals surface area contributed by atoms with Crippen LogP contribution in [0.3, 0.4) is 0 Å². The van der Waals surface area contributed by atoms with Crippen LogP contribution in [-0.4, -0.2) is 43.0 Å². The van der Waals surface area contributed by atoms with Gasteiger partial charge < -0.3 is 14.4 Å². The summed E-state index contributed by atoms with van der Waals surface area (Å²) in [4.78, 5) is 2.48. The monoisotopic (exact) mass is 624 g/mol. The van der Waals surface area contributed by atoms with Crippen molar-refractivity contribution in [3.8, 4) is 0 Å². The van der Waals surface area contributed by atoms with E-state index < -0.39 is 0 Å². The van der Waals surface area contributed by atoms with Gasteiger partial charge >= 0.3 is 0 Å². The molecule has 2 aliphatic heterocycles. The lowest BCUT2D eigenvalue weighted by Crippen LogP contribution is -2.52. The molecule has 0 radical (unpaired) electrons. The molecule has 4 atom stereocenters. The van der Waals surface area contributed by atoms with Crippen LogP contribution < -0.4 is 0 Å². The standard InChI is InChI=1S/C42H73NO2/c1-4-6-8-10-12-14-16-18-20-22-24-26-28-30-32-34-42(44-40-38-36-43(3)37-39(38)41(40)45-42)35-33-31-29-27-25-23-21-19-17-15-13-11-9-7-5-2/h10-13,16-19,38-41H,4-9,14-15,20-37H2,1-3H3/b12-10-,13-11-,18-16-,19-17-/t38-,39+,40+,41-.